The van der Waals surface area contributed by atoms with Crippen LogP contribution in [0.15, 0.2) is 30.6 Å². The van der Waals surface area contributed by atoms with Crippen LogP contribution in [0.1, 0.15) is 35.7 Å². The lowest BCUT2D eigenvalue weighted by Crippen LogP contribution is -2.30. The molecule has 0 spiro atoms. The smallest absolute Gasteiger partial charge is 0.319 e. The SMILES string of the molecule is CCCCNC(=O)Nc1ccc(F)c(C(=O)c2c[nH]c3ncc(Cl)cc23)c1F. The fourth-order valence-corrected chi connectivity index (χ4v) is 2.86. The first-order chi connectivity index (χ1) is 13.4. The van der Waals surface area contributed by atoms with Crippen molar-refractivity contribution in [3.63, 3.8) is 0 Å². The van der Waals surface area contributed by atoms with Crippen LogP contribution in [0.3, 0.4) is 0 Å². The summed E-state index contributed by atoms with van der Waals surface area (Å²) in [6.45, 7) is 2.38. The van der Waals surface area contributed by atoms with Crippen LogP contribution in [0.4, 0.5) is 19.3 Å². The molecule has 0 aliphatic heterocycles. The number of carbonyl (C=O) groups is 2. The molecule has 0 unspecified atom stereocenters. The minimum atomic E-state index is -1.15. The Bertz CT molecular complexity index is 1050. The monoisotopic (exact) mass is 406 g/mol. The van der Waals surface area contributed by atoms with Gasteiger partial charge in [-0.15, -0.1) is 0 Å². The lowest BCUT2D eigenvalue weighted by atomic mass is 10.0. The van der Waals surface area contributed by atoms with Gasteiger partial charge in [-0.2, -0.15) is 0 Å². The highest BCUT2D eigenvalue weighted by atomic mass is 35.5. The number of halogens is 3. The summed E-state index contributed by atoms with van der Waals surface area (Å²) in [5, 5.41) is 5.47. The molecule has 1 aromatic carbocycles. The number of rotatable bonds is 6. The Kier molecular flexibility index (Phi) is 5.89. The Labute approximate surface area is 164 Å². The van der Waals surface area contributed by atoms with E-state index < -0.39 is 29.0 Å². The number of fused-ring (bicyclic) bond motifs is 1. The highest BCUT2D eigenvalue weighted by Gasteiger charge is 2.25. The second-order valence-corrected chi connectivity index (χ2v) is 6.54. The zero-order valence-electron chi connectivity index (χ0n) is 14.9. The molecule has 0 radical (unpaired) electrons. The summed E-state index contributed by atoms with van der Waals surface area (Å²) < 4.78 is 29.1. The van der Waals surface area contributed by atoms with Gasteiger partial charge in [-0.1, -0.05) is 24.9 Å². The lowest BCUT2D eigenvalue weighted by Gasteiger charge is -2.11. The third-order valence-electron chi connectivity index (χ3n) is 4.12. The molecule has 9 heteroatoms. The molecule has 3 N–H and O–H groups in total. The number of ketones is 1. The van der Waals surface area contributed by atoms with Crippen molar-refractivity contribution in [2.24, 2.45) is 0 Å². The van der Waals surface area contributed by atoms with Crippen LogP contribution in [-0.4, -0.2) is 28.3 Å². The van der Waals surface area contributed by atoms with Crippen LogP contribution in [0.5, 0.6) is 0 Å². The molecule has 2 aromatic heterocycles. The van der Waals surface area contributed by atoms with E-state index in [-0.39, 0.29) is 16.3 Å². The number of nitrogens with zero attached hydrogens (tertiary/aromatic N) is 1. The number of hydrogen-bond acceptors (Lipinski definition) is 3. The van der Waals surface area contributed by atoms with Gasteiger partial charge in [0.25, 0.3) is 0 Å². The van der Waals surface area contributed by atoms with Gasteiger partial charge >= 0.3 is 6.03 Å². The van der Waals surface area contributed by atoms with E-state index in [1.165, 1.54) is 18.5 Å². The van der Waals surface area contributed by atoms with Crippen molar-refractivity contribution < 1.29 is 18.4 Å². The molecule has 0 saturated carbocycles. The number of nitrogens with one attached hydrogen (secondary N) is 3. The summed E-state index contributed by atoms with van der Waals surface area (Å²) in [5.41, 5.74) is -0.688. The predicted molar refractivity (Wildman–Crippen MR) is 103 cm³/mol. The van der Waals surface area contributed by atoms with Gasteiger partial charge in [0, 0.05) is 29.9 Å². The third kappa shape index (κ3) is 3.96. The molecule has 3 rings (SSSR count). The Morgan fingerprint density at radius 3 is 2.82 bits per heavy atom. The van der Waals surface area contributed by atoms with E-state index in [0.717, 1.165) is 25.0 Å². The number of hydrogen-bond donors (Lipinski definition) is 3. The Morgan fingerprint density at radius 2 is 2.07 bits per heavy atom. The normalized spacial score (nSPS) is 10.9. The quantitative estimate of drug-likeness (QED) is 0.411. The minimum absolute atomic E-state index is 0.0207. The van der Waals surface area contributed by atoms with Crippen molar-refractivity contribution in [3.05, 3.63) is 58.4 Å². The molecule has 0 saturated heterocycles. The number of pyridine rings is 1. The maximum absolute atomic E-state index is 14.8. The Morgan fingerprint density at radius 1 is 1.29 bits per heavy atom. The summed E-state index contributed by atoms with van der Waals surface area (Å²) in [5.74, 6) is -3.08. The predicted octanol–water partition coefficient (Wildman–Crippen LogP) is 4.65. The summed E-state index contributed by atoms with van der Waals surface area (Å²) in [4.78, 5) is 31.5. The first kappa shape index (κ1) is 19.8. The number of anilines is 1. The van der Waals surface area contributed by atoms with E-state index in [1.807, 2.05) is 6.92 Å². The molecule has 28 heavy (non-hydrogen) atoms. The van der Waals surface area contributed by atoms with Crippen molar-refractivity contribution in [1.82, 2.24) is 15.3 Å². The largest absolute Gasteiger partial charge is 0.345 e. The zero-order valence-corrected chi connectivity index (χ0v) is 15.7. The number of carbonyl (C=O) groups excluding carboxylic acids is 2. The van der Waals surface area contributed by atoms with Gasteiger partial charge < -0.3 is 15.6 Å². The van der Waals surface area contributed by atoms with Gasteiger partial charge in [-0.3, -0.25) is 4.79 Å². The number of amides is 2. The molecule has 0 atom stereocenters. The fraction of sp³-hybridized carbons (Fsp3) is 0.211. The highest BCUT2D eigenvalue weighted by molar-refractivity contribution is 6.31. The van der Waals surface area contributed by atoms with E-state index in [0.29, 0.717) is 17.6 Å². The van der Waals surface area contributed by atoms with Crippen molar-refractivity contribution >= 4 is 40.1 Å². The number of urea groups is 1. The van der Waals surface area contributed by atoms with Crippen molar-refractivity contribution in [3.8, 4) is 0 Å². The van der Waals surface area contributed by atoms with Crippen LogP contribution in [0.2, 0.25) is 5.02 Å². The number of unbranched alkanes of at least 4 members (excludes halogenated alkanes) is 1. The van der Waals surface area contributed by atoms with E-state index in [9.17, 15) is 18.4 Å². The van der Waals surface area contributed by atoms with Crippen LogP contribution < -0.4 is 10.6 Å². The average Bonchev–Trinajstić information content (AvgIpc) is 3.07. The topological polar surface area (TPSA) is 86.9 Å². The summed E-state index contributed by atoms with van der Waals surface area (Å²) in [6.07, 6.45) is 4.35. The van der Waals surface area contributed by atoms with Crippen molar-refractivity contribution in [1.29, 1.82) is 0 Å². The van der Waals surface area contributed by atoms with Crippen LogP contribution in [-0.2, 0) is 0 Å². The van der Waals surface area contributed by atoms with Crippen LogP contribution >= 0.6 is 11.6 Å². The van der Waals surface area contributed by atoms with Crippen LogP contribution in [0, 0.1) is 11.6 Å². The molecule has 2 amide bonds. The molecule has 0 aliphatic carbocycles. The molecule has 0 bridgehead atoms. The third-order valence-corrected chi connectivity index (χ3v) is 4.33. The van der Waals surface area contributed by atoms with E-state index >= 15 is 0 Å². The minimum Gasteiger partial charge on any atom is -0.345 e. The maximum Gasteiger partial charge on any atom is 0.319 e. The molecule has 3 aromatic rings. The fourth-order valence-electron chi connectivity index (χ4n) is 2.70. The van der Waals surface area contributed by atoms with E-state index in [2.05, 4.69) is 20.6 Å². The summed E-state index contributed by atoms with van der Waals surface area (Å²) in [6, 6.07) is 2.83. The van der Waals surface area contributed by atoms with Gasteiger partial charge in [0.15, 0.2) is 5.82 Å². The average molecular weight is 407 g/mol. The van der Waals surface area contributed by atoms with Gasteiger partial charge in [0.2, 0.25) is 5.78 Å². The zero-order chi connectivity index (χ0) is 20.3. The number of H-pyrrole nitrogens is 1. The summed E-state index contributed by atoms with van der Waals surface area (Å²) >= 11 is 5.91. The first-order valence-corrected chi connectivity index (χ1v) is 9.00. The molecule has 6 nitrogen and oxygen atoms in total. The first-order valence-electron chi connectivity index (χ1n) is 8.62. The van der Waals surface area contributed by atoms with Gasteiger partial charge in [0.1, 0.15) is 11.5 Å². The summed E-state index contributed by atoms with van der Waals surface area (Å²) in [7, 11) is 0. The van der Waals surface area contributed by atoms with E-state index in [4.69, 9.17) is 11.6 Å². The standard InChI is InChI=1S/C19H17ClF2N4O2/c1-2-3-6-23-19(28)26-14-5-4-13(21)15(16(14)22)17(27)12-9-25-18-11(12)7-10(20)8-24-18/h4-5,7-9H,2-3,6H2,1H3,(H,24,25)(H2,23,26,28). The maximum atomic E-state index is 14.8. The Hall–Kier alpha value is -3.00. The molecule has 146 valence electrons. The number of aromatic nitrogens is 2. The van der Waals surface area contributed by atoms with Gasteiger partial charge in [0.05, 0.1) is 16.3 Å². The van der Waals surface area contributed by atoms with E-state index in [1.54, 1.807) is 0 Å². The molecule has 2 heterocycles. The van der Waals surface area contributed by atoms with Gasteiger partial charge in [-0.25, -0.2) is 18.6 Å². The van der Waals surface area contributed by atoms with Gasteiger partial charge in [-0.05, 0) is 24.6 Å². The molecule has 0 aliphatic rings. The second kappa shape index (κ2) is 8.35. The molecular formula is C19H17ClF2N4O2. The second-order valence-electron chi connectivity index (χ2n) is 6.10. The number of benzene rings is 1. The van der Waals surface area contributed by atoms with Crippen molar-refractivity contribution in [2.45, 2.75) is 19.8 Å². The van der Waals surface area contributed by atoms with Crippen molar-refractivity contribution in [2.75, 3.05) is 11.9 Å². The molecular weight excluding hydrogens is 390 g/mol. The lowest BCUT2D eigenvalue weighted by molar-refractivity contribution is 0.103. The molecule has 0 fully saturated rings. The highest BCUT2D eigenvalue weighted by Crippen LogP contribution is 2.27. The Balaban J connectivity index is 1.93. The number of aromatic amines is 1. The van der Waals surface area contributed by atoms with Crippen LogP contribution in [0.25, 0.3) is 11.0 Å².